The molecule has 0 saturated carbocycles. The number of ether oxygens (including phenoxy) is 1. The molecule has 2 aromatic carbocycles. The molecule has 0 aliphatic rings. The van der Waals surface area contributed by atoms with Crippen LogP contribution in [0.25, 0.3) is 0 Å². The van der Waals surface area contributed by atoms with E-state index in [0.717, 1.165) is 23.3 Å². The van der Waals surface area contributed by atoms with Gasteiger partial charge in [-0.05, 0) is 62.2 Å². The summed E-state index contributed by atoms with van der Waals surface area (Å²) in [5.74, 6) is -0.219. The van der Waals surface area contributed by atoms with Gasteiger partial charge < -0.3 is 10.1 Å². The van der Waals surface area contributed by atoms with Crippen LogP contribution < -0.4 is 10.1 Å². The Bertz CT molecular complexity index is 790. The maximum absolute atomic E-state index is 13.1. The maximum atomic E-state index is 13.1. The van der Waals surface area contributed by atoms with Crippen molar-refractivity contribution in [2.45, 2.75) is 33.1 Å². The van der Waals surface area contributed by atoms with Crippen LogP contribution in [0.2, 0.25) is 5.02 Å². The van der Waals surface area contributed by atoms with E-state index in [1.807, 2.05) is 19.9 Å². The quantitative estimate of drug-likeness (QED) is 0.783. The van der Waals surface area contributed by atoms with E-state index in [1.54, 1.807) is 12.1 Å². The SMILES string of the molecule is Cc1ccc(O[C@H](C)C(=O)Nc2ccc(Cl)cc2C(F)(F)F)cc1C. The first kappa shape index (κ1) is 19.1. The molecule has 0 unspecified atom stereocenters. The van der Waals surface area contributed by atoms with Gasteiger partial charge in [-0.25, -0.2) is 0 Å². The summed E-state index contributed by atoms with van der Waals surface area (Å²) < 4.78 is 44.7. The molecule has 0 fully saturated rings. The number of amides is 1. The van der Waals surface area contributed by atoms with Gasteiger partial charge in [-0.1, -0.05) is 17.7 Å². The third-order valence-electron chi connectivity index (χ3n) is 3.71. The molecule has 3 nitrogen and oxygen atoms in total. The van der Waals surface area contributed by atoms with Crippen molar-refractivity contribution in [1.82, 2.24) is 0 Å². The number of hydrogen-bond donors (Lipinski definition) is 1. The zero-order chi connectivity index (χ0) is 18.8. The highest BCUT2D eigenvalue weighted by molar-refractivity contribution is 6.30. The molecule has 134 valence electrons. The van der Waals surface area contributed by atoms with Gasteiger partial charge in [0.05, 0.1) is 11.3 Å². The Balaban J connectivity index is 2.15. The fourth-order valence-electron chi connectivity index (χ4n) is 2.14. The molecular formula is C18H17ClF3NO2. The first-order chi connectivity index (χ1) is 11.6. The molecule has 1 atom stereocenters. The number of hydrogen-bond acceptors (Lipinski definition) is 2. The van der Waals surface area contributed by atoms with Gasteiger partial charge >= 0.3 is 6.18 Å². The van der Waals surface area contributed by atoms with E-state index in [1.165, 1.54) is 13.0 Å². The molecule has 0 spiro atoms. The molecule has 0 bridgehead atoms. The highest BCUT2D eigenvalue weighted by Gasteiger charge is 2.34. The van der Waals surface area contributed by atoms with Crippen molar-refractivity contribution in [2.24, 2.45) is 0 Å². The van der Waals surface area contributed by atoms with E-state index in [9.17, 15) is 18.0 Å². The van der Waals surface area contributed by atoms with Crippen molar-refractivity contribution in [3.05, 3.63) is 58.1 Å². The van der Waals surface area contributed by atoms with Crippen molar-refractivity contribution in [2.75, 3.05) is 5.32 Å². The van der Waals surface area contributed by atoms with Crippen LogP contribution in [0.4, 0.5) is 18.9 Å². The summed E-state index contributed by atoms with van der Waals surface area (Å²) in [7, 11) is 0. The van der Waals surface area contributed by atoms with E-state index in [-0.39, 0.29) is 10.7 Å². The van der Waals surface area contributed by atoms with E-state index < -0.39 is 23.8 Å². The number of carbonyl (C=O) groups is 1. The predicted octanol–water partition coefficient (Wildman–Crippen LogP) is 5.38. The monoisotopic (exact) mass is 371 g/mol. The Labute approximate surface area is 148 Å². The number of rotatable bonds is 4. The molecule has 1 N–H and O–H groups in total. The van der Waals surface area contributed by atoms with Crippen LogP contribution in [0.3, 0.4) is 0 Å². The average molecular weight is 372 g/mol. The summed E-state index contributed by atoms with van der Waals surface area (Å²) in [5.41, 5.74) is 0.687. The summed E-state index contributed by atoms with van der Waals surface area (Å²) >= 11 is 5.62. The molecule has 2 rings (SSSR count). The topological polar surface area (TPSA) is 38.3 Å². The molecule has 0 saturated heterocycles. The first-order valence-electron chi connectivity index (χ1n) is 7.49. The number of halogens is 4. The van der Waals surface area contributed by atoms with Crippen molar-refractivity contribution >= 4 is 23.2 Å². The first-order valence-corrected chi connectivity index (χ1v) is 7.87. The number of nitrogens with one attached hydrogen (secondary N) is 1. The second-order valence-corrected chi connectivity index (χ2v) is 6.12. The zero-order valence-corrected chi connectivity index (χ0v) is 14.6. The largest absolute Gasteiger partial charge is 0.481 e. The van der Waals surface area contributed by atoms with Crippen molar-refractivity contribution < 1.29 is 22.7 Å². The average Bonchev–Trinajstić information content (AvgIpc) is 2.51. The Morgan fingerprint density at radius 2 is 1.80 bits per heavy atom. The van der Waals surface area contributed by atoms with Crippen LogP contribution in [0.15, 0.2) is 36.4 Å². The highest BCUT2D eigenvalue weighted by atomic mass is 35.5. The third kappa shape index (κ3) is 4.89. The molecule has 0 aromatic heterocycles. The molecule has 0 heterocycles. The Kier molecular flexibility index (Phi) is 5.62. The predicted molar refractivity (Wildman–Crippen MR) is 91.1 cm³/mol. The van der Waals surface area contributed by atoms with E-state index in [0.29, 0.717) is 5.75 Å². The zero-order valence-electron chi connectivity index (χ0n) is 13.9. The molecule has 25 heavy (non-hydrogen) atoms. The van der Waals surface area contributed by atoms with E-state index in [2.05, 4.69) is 5.32 Å². The molecule has 0 radical (unpaired) electrons. The maximum Gasteiger partial charge on any atom is 0.418 e. The van der Waals surface area contributed by atoms with Crippen molar-refractivity contribution in [1.29, 1.82) is 0 Å². The standard InChI is InChI=1S/C18H17ClF3NO2/c1-10-4-6-14(8-11(10)2)25-12(3)17(24)23-16-7-5-13(19)9-15(16)18(20,21)22/h4-9,12H,1-3H3,(H,23,24)/t12-/m1/s1. The molecule has 0 aliphatic heterocycles. The summed E-state index contributed by atoms with van der Waals surface area (Å²) in [6.07, 6.45) is -5.61. The van der Waals surface area contributed by atoms with Gasteiger partial charge in [0.15, 0.2) is 6.10 Å². The van der Waals surface area contributed by atoms with Gasteiger partial charge in [0, 0.05) is 5.02 Å². The van der Waals surface area contributed by atoms with Gasteiger partial charge in [-0.15, -0.1) is 0 Å². The number of alkyl halides is 3. The molecule has 7 heteroatoms. The number of carbonyl (C=O) groups excluding carboxylic acids is 1. The molecular weight excluding hydrogens is 355 g/mol. The van der Waals surface area contributed by atoms with Crippen LogP contribution in [-0.2, 0) is 11.0 Å². The summed E-state index contributed by atoms with van der Waals surface area (Å²) in [4.78, 5) is 12.2. The molecule has 0 aliphatic carbocycles. The number of benzene rings is 2. The Hall–Kier alpha value is -2.21. The lowest BCUT2D eigenvalue weighted by atomic mass is 10.1. The third-order valence-corrected chi connectivity index (χ3v) is 3.94. The van der Waals surface area contributed by atoms with Crippen LogP contribution in [0.1, 0.15) is 23.6 Å². The normalized spacial score (nSPS) is 12.6. The minimum atomic E-state index is -4.63. The summed E-state index contributed by atoms with van der Waals surface area (Å²) in [6, 6.07) is 8.48. The highest BCUT2D eigenvalue weighted by Crippen LogP contribution is 2.36. The Morgan fingerprint density at radius 3 is 2.40 bits per heavy atom. The van der Waals surface area contributed by atoms with E-state index >= 15 is 0 Å². The van der Waals surface area contributed by atoms with E-state index in [4.69, 9.17) is 16.3 Å². The molecule has 2 aromatic rings. The molecule has 1 amide bonds. The van der Waals surface area contributed by atoms with Crippen LogP contribution in [-0.4, -0.2) is 12.0 Å². The second-order valence-electron chi connectivity index (χ2n) is 5.68. The smallest absolute Gasteiger partial charge is 0.418 e. The summed E-state index contributed by atoms with van der Waals surface area (Å²) in [6.45, 7) is 5.30. The van der Waals surface area contributed by atoms with Gasteiger partial charge in [0.1, 0.15) is 5.75 Å². The van der Waals surface area contributed by atoms with Crippen molar-refractivity contribution in [3.8, 4) is 5.75 Å². The van der Waals surface area contributed by atoms with Crippen molar-refractivity contribution in [3.63, 3.8) is 0 Å². The summed E-state index contributed by atoms with van der Waals surface area (Å²) in [5, 5.41) is 2.18. The second kappa shape index (κ2) is 7.35. The lowest BCUT2D eigenvalue weighted by Gasteiger charge is -2.18. The van der Waals surface area contributed by atoms with Gasteiger partial charge in [0.2, 0.25) is 0 Å². The minimum Gasteiger partial charge on any atom is -0.481 e. The lowest BCUT2D eigenvalue weighted by molar-refractivity contribution is -0.137. The Morgan fingerprint density at radius 1 is 1.12 bits per heavy atom. The van der Waals surface area contributed by atoms with Crippen LogP contribution >= 0.6 is 11.6 Å². The lowest BCUT2D eigenvalue weighted by Crippen LogP contribution is -2.31. The fourth-order valence-corrected chi connectivity index (χ4v) is 2.31. The number of aryl methyl sites for hydroxylation is 2. The van der Waals surface area contributed by atoms with Crippen LogP contribution in [0, 0.1) is 13.8 Å². The fraction of sp³-hybridized carbons (Fsp3) is 0.278. The van der Waals surface area contributed by atoms with Gasteiger partial charge in [0.25, 0.3) is 5.91 Å². The van der Waals surface area contributed by atoms with Gasteiger partial charge in [-0.2, -0.15) is 13.2 Å². The van der Waals surface area contributed by atoms with Crippen LogP contribution in [0.5, 0.6) is 5.75 Å². The minimum absolute atomic E-state index is 0.0650. The number of anilines is 1. The van der Waals surface area contributed by atoms with Gasteiger partial charge in [-0.3, -0.25) is 4.79 Å².